The van der Waals surface area contributed by atoms with Gasteiger partial charge in [-0.05, 0) is 25.9 Å². The van der Waals surface area contributed by atoms with E-state index in [9.17, 15) is 14.9 Å². The van der Waals surface area contributed by atoms with Gasteiger partial charge in [-0.25, -0.2) is 4.98 Å². The van der Waals surface area contributed by atoms with Crippen molar-refractivity contribution in [3.63, 3.8) is 0 Å². The molecule has 1 amide bonds. The number of nitrogens with zero attached hydrogens (tertiary/aromatic N) is 2. The van der Waals surface area contributed by atoms with Crippen molar-refractivity contribution < 1.29 is 19.2 Å². The van der Waals surface area contributed by atoms with E-state index in [-0.39, 0.29) is 60.2 Å². The molecule has 0 bridgehead atoms. The molecule has 29 heavy (non-hydrogen) atoms. The highest BCUT2D eigenvalue weighted by atomic mass is 35.5. The summed E-state index contributed by atoms with van der Waals surface area (Å²) in [6, 6.07) is 2.57. The highest BCUT2D eigenvalue weighted by molar-refractivity contribution is 7.07. The number of halogens is 2. The van der Waals surface area contributed by atoms with Gasteiger partial charge in [-0.1, -0.05) is 0 Å². The predicted molar refractivity (Wildman–Crippen MR) is 114 cm³/mol. The lowest BCUT2D eigenvalue weighted by molar-refractivity contribution is -0.385. The molecule has 1 saturated heterocycles. The van der Waals surface area contributed by atoms with Crippen LogP contribution in [0.2, 0.25) is 0 Å². The Kier molecular flexibility index (Phi) is 10.1. The normalized spacial score (nSPS) is 13.6. The van der Waals surface area contributed by atoms with Crippen molar-refractivity contribution in [1.82, 2.24) is 15.6 Å². The first-order valence-electron chi connectivity index (χ1n) is 8.46. The van der Waals surface area contributed by atoms with Crippen molar-refractivity contribution in [3.05, 3.63) is 44.4 Å². The summed E-state index contributed by atoms with van der Waals surface area (Å²) < 4.78 is 10.9. The molecule has 1 fully saturated rings. The first kappa shape index (κ1) is 24.9. The first-order chi connectivity index (χ1) is 13.1. The number of carbonyl (C=O) groups excluding carboxylic acids is 1. The molecule has 1 aromatic carbocycles. The molecule has 1 aromatic heterocycles. The van der Waals surface area contributed by atoms with Crippen molar-refractivity contribution in [2.45, 2.75) is 25.5 Å². The number of methoxy groups -OCH3 is 1. The fourth-order valence-corrected chi connectivity index (χ4v) is 3.39. The van der Waals surface area contributed by atoms with Crippen LogP contribution in [0.15, 0.2) is 23.0 Å². The zero-order valence-corrected chi connectivity index (χ0v) is 18.0. The van der Waals surface area contributed by atoms with E-state index in [0.717, 1.165) is 25.9 Å². The molecule has 1 aliphatic heterocycles. The molecule has 0 radical (unpaired) electrons. The lowest BCUT2D eigenvalue weighted by atomic mass is 10.1. The van der Waals surface area contributed by atoms with E-state index in [1.807, 2.05) is 5.38 Å². The van der Waals surface area contributed by atoms with Crippen molar-refractivity contribution in [2.75, 3.05) is 20.2 Å². The summed E-state index contributed by atoms with van der Waals surface area (Å²) in [4.78, 5) is 27.6. The summed E-state index contributed by atoms with van der Waals surface area (Å²) in [5, 5.41) is 19.4. The maximum Gasteiger partial charge on any atom is 0.286 e. The van der Waals surface area contributed by atoms with Gasteiger partial charge in [0.1, 0.15) is 12.2 Å². The number of hydrogen-bond acceptors (Lipinski definition) is 8. The Morgan fingerprint density at radius 3 is 2.66 bits per heavy atom. The first-order valence-corrected chi connectivity index (χ1v) is 9.40. The maximum atomic E-state index is 12.6. The zero-order chi connectivity index (χ0) is 19.2. The van der Waals surface area contributed by atoms with E-state index in [0.29, 0.717) is 5.69 Å². The lowest BCUT2D eigenvalue weighted by Gasteiger charge is -2.23. The molecule has 0 aliphatic carbocycles. The van der Waals surface area contributed by atoms with Gasteiger partial charge in [0.15, 0.2) is 11.5 Å². The van der Waals surface area contributed by atoms with Gasteiger partial charge in [0.05, 0.1) is 29.3 Å². The van der Waals surface area contributed by atoms with Crippen LogP contribution in [0.5, 0.6) is 11.5 Å². The smallest absolute Gasteiger partial charge is 0.286 e. The van der Waals surface area contributed by atoms with Gasteiger partial charge in [0, 0.05) is 17.5 Å². The number of amides is 1. The Morgan fingerprint density at radius 1 is 1.34 bits per heavy atom. The Morgan fingerprint density at radius 2 is 2.07 bits per heavy atom. The number of thiazole rings is 1. The Balaban J connectivity index is 0.00000210. The van der Waals surface area contributed by atoms with Gasteiger partial charge >= 0.3 is 0 Å². The number of nitro groups is 1. The molecule has 2 aromatic rings. The van der Waals surface area contributed by atoms with Crippen LogP contribution in [-0.4, -0.2) is 42.1 Å². The molecular weight excluding hydrogens is 443 g/mol. The number of rotatable bonds is 7. The third-order valence-corrected chi connectivity index (χ3v) is 4.89. The standard InChI is InChI=1S/C17H20N4O5S.2ClH/c1-25-15-6-13(17(22)20-11-2-4-18-5-3-11)14(21(23)24)7-16(15)26-8-12-9-27-10-19-12;;/h6-7,9-11,18H,2-5,8H2,1H3,(H,20,22);2*1H. The minimum Gasteiger partial charge on any atom is -0.493 e. The van der Waals surface area contributed by atoms with Crippen LogP contribution in [0.1, 0.15) is 28.9 Å². The van der Waals surface area contributed by atoms with Gasteiger partial charge in [0.2, 0.25) is 0 Å². The van der Waals surface area contributed by atoms with Crippen LogP contribution in [0, 0.1) is 10.1 Å². The van der Waals surface area contributed by atoms with Crippen molar-refractivity contribution in [1.29, 1.82) is 0 Å². The quantitative estimate of drug-likeness (QED) is 0.477. The SMILES string of the molecule is COc1cc(C(=O)NC2CCNCC2)c([N+](=O)[O-])cc1OCc1cscn1.Cl.Cl. The van der Waals surface area contributed by atoms with Crippen molar-refractivity contribution >= 4 is 47.7 Å². The minimum absolute atomic E-state index is 0. The van der Waals surface area contributed by atoms with E-state index in [1.54, 1.807) is 5.51 Å². The van der Waals surface area contributed by atoms with Crippen LogP contribution in [0.3, 0.4) is 0 Å². The summed E-state index contributed by atoms with van der Waals surface area (Å²) >= 11 is 1.43. The van der Waals surface area contributed by atoms with Crippen LogP contribution in [0.4, 0.5) is 5.69 Å². The molecule has 0 saturated carbocycles. The van der Waals surface area contributed by atoms with Crippen molar-refractivity contribution in [3.8, 4) is 11.5 Å². The summed E-state index contributed by atoms with van der Waals surface area (Å²) in [5.41, 5.74) is 2.01. The number of hydrogen-bond donors (Lipinski definition) is 2. The number of aromatic nitrogens is 1. The van der Waals surface area contributed by atoms with E-state index in [2.05, 4.69) is 15.6 Å². The molecule has 0 spiro atoms. The number of nitro benzene ring substituents is 1. The molecule has 160 valence electrons. The Labute approximate surface area is 184 Å². The highest BCUT2D eigenvalue weighted by Gasteiger charge is 2.26. The number of ether oxygens (including phenoxy) is 2. The fraction of sp³-hybridized carbons (Fsp3) is 0.412. The Bertz CT molecular complexity index is 816. The van der Waals surface area contributed by atoms with E-state index in [1.165, 1.54) is 30.6 Å². The minimum atomic E-state index is -0.591. The summed E-state index contributed by atoms with van der Waals surface area (Å²) in [6.07, 6.45) is 1.57. The fourth-order valence-electron chi connectivity index (χ4n) is 2.84. The molecule has 3 rings (SSSR count). The number of piperidine rings is 1. The Hall–Kier alpha value is -2.14. The van der Waals surface area contributed by atoms with Gasteiger partial charge < -0.3 is 20.1 Å². The van der Waals surface area contributed by atoms with Crippen LogP contribution in [0.25, 0.3) is 0 Å². The third kappa shape index (κ3) is 6.43. The number of carbonyl (C=O) groups is 1. The second-order valence-corrected chi connectivity index (χ2v) is 6.76. The van der Waals surface area contributed by atoms with E-state index in [4.69, 9.17) is 9.47 Å². The van der Waals surface area contributed by atoms with Gasteiger partial charge in [0.25, 0.3) is 11.6 Å². The molecule has 1 aliphatic rings. The monoisotopic (exact) mass is 464 g/mol. The molecule has 0 unspecified atom stereocenters. The maximum absolute atomic E-state index is 12.6. The van der Waals surface area contributed by atoms with Crippen LogP contribution >= 0.6 is 36.2 Å². The predicted octanol–water partition coefficient (Wildman–Crippen LogP) is 2.96. The molecule has 2 heterocycles. The van der Waals surface area contributed by atoms with Gasteiger partial charge in [-0.2, -0.15) is 0 Å². The number of benzene rings is 1. The van der Waals surface area contributed by atoms with E-state index >= 15 is 0 Å². The summed E-state index contributed by atoms with van der Waals surface area (Å²) in [5.74, 6) is -0.0418. The average molecular weight is 465 g/mol. The van der Waals surface area contributed by atoms with Gasteiger partial charge in [-0.15, -0.1) is 36.2 Å². The van der Waals surface area contributed by atoms with Gasteiger partial charge in [-0.3, -0.25) is 14.9 Å². The highest BCUT2D eigenvalue weighted by Crippen LogP contribution is 2.35. The molecule has 0 atom stereocenters. The third-order valence-electron chi connectivity index (χ3n) is 4.26. The molecule has 2 N–H and O–H groups in total. The second kappa shape index (κ2) is 11.8. The number of nitrogens with one attached hydrogen (secondary N) is 2. The zero-order valence-electron chi connectivity index (χ0n) is 15.6. The largest absolute Gasteiger partial charge is 0.493 e. The lowest BCUT2D eigenvalue weighted by Crippen LogP contribution is -2.42. The van der Waals surface area contributed by atoms with Crippen molar-refractivity contribution in [2.24, 2.45) is 0 Å². The topological polar surface area (TPSA) is 116 Å². The average Bonchev–Trinajstić information content (AvgIpc) is 3.20. The van der Waals surface area contributed by atoms with E-state index < -0.39 is 10.8 Å². The molecular formula is C17H22Cl2N4O5S. The summed E-state index contributed by atoms with van der Waals surface area (Å²) in [7, 11) is 1.42. The second-order valence-electron chi connectivity index (χ2n) is 6.04. The van der Waals surface area contributed by atoms with Crippen LogP contribution in [-0.2, 0) is 6.61 Å². The molecule has 9 nitrogen and oxygen atoms in total. The molecule has 12 heteroatoms. The summed E-state index contributed by atoms with van der Waals surface area (Å²) in [6.45, 7) is 1.76. The van der Waals surface area contributed by atoms with Crippen LogP contribution < -0.4 is 20.1 Å².